The highest BCUT2D eigenvalue weighted by Crippen LogP contribution is 2.21. The molecule has 88 valence electrons. The first-order valence-electron chi connectivity index (χ1n) is 4.92. The molecule has 1 aromatic carbocycles. The SMILES string of the molecule is O=C(O)NCc1ncc(-c2cccc(Br)c2)[nH]1. The van der Waals surface area contributed by atoms with E-state index in [-0.39, 0.29) is 6.54 Å². The Kier molecular flexibility index (Phi) is 3.43. The van der Waals surface area contributed by atoms with E-state index in [4.69, 9.17) is 5.11 Å². The van der Waals surface area contributed by atoms with Gasteiger partial charge < -0.3 is 15.4 Å². The van der Waals surface area contributed by atoms with Crippen molar-refractivity contribution >= 4 is 22.0 Å². The molecule has 6 heteroatoms. The molecule has 0 bridgehead atoms. The van der Waals surface area contributed by atoms with Gasteiger partial charge in [0.15, 0.2) is 0 Å². The smallest absolute Gasteiger partial charge is 0.405 e. The summed E-state index contributed by atoms with van der Waals surface area (Å²) >= 11 is 3.39. The van der Waals surface area contributed by atoms with Crippen molar-refractivity contribution in [2.75, 3.05) is 0 Å². The summed E-state index contributed by atoms with van der Waals surface area (Å²) in [6.45, 7) is 0.170. The van der Waals surface area contributed by atoms with Crippen LogP contribution in [0.25, 0.3) is 11.3 Å². The van der Waals surface area contributed by atoms with Crippen molar-refractivity contribution in [3.05, 3.63) is 40.8 Å². The number of hydrogen-bond acceptors (Lipinski definition) is 2. The normalized spacial score (nSPS) is 10.2. The number of rotatable bonds is 3. The molecule has 1 amide bonds. The lowest BCUT2D eigenvalue weighted by atomic mass is 10.2. The molecule has 0 fully saturated rings. The van der Waals surface area contributed by atoms with Crippen LogP contribution < -0.4 is 5.32 Å². The Bertz CT molecular complexity index is 539. The van der Waals surface area contributed by atoms with Gasteiger partial charge in [0.05, 0.1) is 18.4 Å². The monoisotopic (exact) mass is 295 g/mol. The van der Waals surface area contributed by atoms with E-state index in [2.05, 4.69) is 31.2 Å². The van der Waals surface area contributed by atoms with E-state index in [1.54, 1.807) is 6.20 Å². The summed E-state index contributed by atoms with van der Waals surface area (Å²) in [5.74, 6) is 0.586. The van der Waals surface area contributed by atoms with Gasteiger partial charge in [0, 0.05) is 10.0 Å². The molecule has 0 atom stereocenters. The molecule has 3 N–H and O–H groups in total. The molecule has 0 saturated carbocycles. The first-order valence-corrected chi connectivity index (χ1v) is 5.71. The van der Waals surface area contributed by atoms with Crippen molar-refractivity contribution < 1.29 is 9.90 Å². The highest BCUT2D eigenvalue weighted by molar-refractivity contribution is 9.10. The topological polar surface area (TPSA) is 78.0 Å². The van der Waals surface area contributed by atoms with Gasteiger partial charge in [0.2, 0.25) is 0 Å². The first kappa shape index (κ1) is 11.7. The fourth-order valence-electron chi connectivity index (χ4n) is 1.41. The van der Waals surface area contributed by atoms with Crippen LogP contribution in [0.3, 0.4) is 0 Å². The van der Waals surface area contributed by atoms with Crippen molar-refractivity contribution in [2.24, 2.45) is 0 Å². The van der Waals surface area contributed by atoms with Crippen LogP contribution in [-0.2, 0) is 6.54 Å². The molecule has 0 aliphatic heterocycles. The van der Waals surface area contributed by atoms with Gasteiger partial charge in [-0.05, 0) is 12.1 Å². The van der Waals surface area contributed by atoms with E-state index in [1.807, 2.05) is 24.3 Å². The van der Waals surface area contributed by atoms with E-state index in [9.17, 15) is 4.79 Å². The largest absolute Gasteiger partial charge is 0.465 e. The van der Waals surface area contributed by atoms with E-state index in [0.717, 1.165) is 15.7 Å². The van der Waals surface area contributed by atoms with Gasteiger partial charge in [-0.25, -0.2) is 9.78 Å². The van der Waals surface area contributed by atoms with Crippen LogP contribution in [0.2, 0.25) is 0 Å². The van der Waals surface area contributed by atoms with Crippen LogP contribution in [0.5, 0.6) is 0 Å². The maximum absolute atomic E-state index is 10.3. The molecule has 2 aromatic rings. The predicted molar refractivity (Wildman–Crippen MR) is 66.6 cm³/mol. The summed E-state index contributed by atoms with van der Waals surface area (Å²) in [6, 6.07) is 7.77. The minimum Gasteiger partial charge on any atom is -0.465 e. The van der Waals surface area contributed by atoms with Crippen molar-refractivity contribution in [3.63, 3.8) is 0 Å². The van der Waals surface area contributed by atoms with E-state index >= 15 is 0 Å². The number of imidazole rings is 1. The number of nitrogens with one attached hydrogen (secondary N) is 2. The minimum absolute atomic E-state index is 0.170. The van der Waals surface area contributed by atoms with Gasteiger partial charge in [0.1, 0.15) is 5.82 Å². The molecule has 17 heavy (non-hydrogen) atoms. The van der Waals surface area contributed by atoms with Crippen LogP contribution in [0.4, 0.5) is 4.79 Å². The summed E-state index contributed by atoms with van der Waals surface area (Å²) in [5, 5.41) is 10.7. The average molecular weight is 296 g/mol. The van der Waals surface area contributed by atoms with Crippen molar-refractivity contribution in [1.29, 1.82) is 0 Å². The van der Waals surface area contributed by atoms with Crippen LogP contribution in [0, 0.1) is 0 Å². The van der Waals surface area contributed by atoms with Gasteiger partial charge in [0.25, 0.3) is 0 Å². The summed E-state index contributed by atoms with van der Waals surface area (Å²) in [7, 11) is 0. The third-order valence-corrected chi connectivity index (χ3v) is 2.66. The zero-order valence-corrected chi connectivity index (χ0v) is 10.4. The molecular weight excluding hydrogens is 286 g/mol. The molecule has 1 aromatic heterocycles. The minimum atomic E-state index is -1.06. The summed E-state index contributed by atoms with van der Waals surface area (Å²) in [5.41, 5.74) is 1.85. The zero-order chi connectivity index (χ0) is 12.3. The number of amides is 1. The molecule has 0 unspecified atom stereocenters. The number of carbonyl (C=O) groups is 1. The number of H-pyrrole nitrogens is 1. The molecule has 5 nitrogen and oxygen atoms in total. The Balaban J connectivity index is 2.15. The predicted octanol–water partition coefficient (Wildman–Crippen LogP) is 2.61. The zero-order valence-electron chi connectivity index (χ0n) is 8.77. The average Bonchev–Trinajstić information content (AvgIpc) is 2.75. The van der Waals surface area contributed by atoms with E-state index in [0.29, 0.717) is 5.82 Å². The highest BCUT2D eigenvalue weighted by Gasteiger charge is 2.04. The number of hydrogen-bond donors (Lipinski definition) is 3. The van der Waals surface area contributed by atoms with Gasteiger partial charge in [-0.2, -0.15) is 0 Å². The summed E-state index contributed by atoms with van der Waals surface area (Å²) in [4.78, 5) is 17.5. The van der Waals surface area contributed by atoms with E-state index < -0.39 is 6.09 Å². The maximum Gasteiger partial charge on any atom is 0.405 e. The molecule has 0 radical (unpaired) electrons. The summed E-state index contributed by atoms with van der Waals surface area (Å²) < 4.78 is 0.981. The Hall–Kier alpha value is -1.82. The Morgan fingerprint density at radius 3 is 3.06 bits per heavy atom. The van der Waals surface area contributed by atoms with Crippen molar-refractivity contribution in [2.45, 2.75) is 6.54 Å². The van der Waals surface area contributed by atoms with Crippen LogP contribution in [-0.4, -0.2) is 21.2 Å². The molecule has 2 rings (SSSR count). The lowest BCUT2D eigenvalue weighted by molar-refractivity contribution is 0.193. The number of aromatic nitrogens is 2. The number of benzene rings is 1. The Morgan fingerprint density at radius 1 is 1.53 bits per heavy atom. The Labute approximate surface area is 106 Å². The molecule has 0 saturated heterocycles. The number of carboxylic acid groups (broad SMARTS) is 1. The van der Waals surface area contributed by atoms with Crippen molar-refractivity contribution in [1.82, 2.24) is 15.3 Å². The number of nitrogens with zero attached hydrogens (tertiary/aromatic N) is 1. The first-order chi connectivity index (χ1) is 8.15. The third-order valence-electron chi connectivity index (χ3n) is 2.17. The lowest BCUT2D eigenvalue weighted by Crippen LogP contribution is -2.20. The van der Waals surface area contributed by atoms with Gasteiger partial charge in [-0.15, -0.1) is 0 Å². The number of halogens is 1. The molecule has 1 heterocycles. The lowest BCUT2D eigenvalue weighted by Gasteiger charge is -1.98. The maximum atomic E-state index is 10.3. The fourth-order valence-corrected chi connectivity index (χ4v) is 1.81. The Morgan fingerprint density at radius 2 is 2.35 bits per heavy atom. The summed E-state index contributed by atoms with van der Waals surface area (Å²) in [6.07, 6.45) is 0.617. The van der Waals surface area contributed by atoms with Gasteiger partial charge in [-0.1, -0.05) is 28.1 Å². The molecule has 0 aliphatic carbocycles. The third kappa shape index (κ3) is 3.07. The van der Waals surface area contributed by atoms with Gasteiger partial charge >= 0.3 is 6.09 Å². The second-order valence-corrected chi connectivity index (χ2v) is 4.33. The second-order valence-electron chi connectivity index (χ2n) is 3.41. The molecular formula is C11H10BrN3O2. The van der Waals surface area contributed by atoms with Crippen LogP contribution in [0.15, 0.2) is 34.9 Å². The fraction of sp³-hybridized carbons (Fsp3) is 0.0909. The van der Waals surface area contributed by atoms with Gasteiger partial charge in [-0.3, -0.25) is 0 Å². The van der Waals surface area contributed by atoms with Crippen LogP contribution in [0.1, 0.15) is 5.82 Å². The van der Waals surface area contributed by atoms with E-state index in [1.165, 1.54) is 0 Å². The van der Waals surface area contributed by atoms with Crippen molar-refractivity contribution in [3.8, 4) is 11.3 Å². The standard InChI is InChI=1S/C11H10BrN3O2/c12-8-3-1-2-7(4-8)9-5-13-10(15-9)6-14-11(16)17/h1-5,14H,6H2,(H,13,15)(H,16,17). The molecule has 0 aliphatic rings. The van der Waals surface area contributed by atoms with Crippen LogP contribution >= 0.6 is 15.9 Å². The number of aromatic amines is 1. The second kappa shape index (κ2) is 5.01. The quantitative estimate of drug-likeness (QED) is 0.814. The highest BCUT2D eigenvalue weighted by atomic mass is 79.9. The molecule has 0 spiro atoms.